The molecule has 0 aliphatic carbocycles. The molecule has 1 N–H and O–H groups in total. The molecule has 2 aromatic carbocycles. The van der Waals surface area contributed by atoms with E-state index in [4.69, 9.17) is 21.7 Å². The van der Waals surface area contributed by atoms with E-state index in [0.717, 1.165) is 28.6 Å². The Morgan fingerprint density at radius 1 is 1.13 bits per heavy atom. The Morgan fingerprint density at radius 2 is 1.87 bits per heavy atom. The molecule has 0 saturated heterocycles. The molecule has 1 aromatic heterocycles. The smallest absolute Gasteiger partial charge is 0.199 e. The molecule has 3 aromatic rings. The monoisotopic (exact) mass is 327 g/mol. The number of hydrogen-bond acceptors (Lipinski definition) is 4. The van der Waals surface area contributed by atoms with Crippen molar-refractivity contribution in [3.05, 3.63) is 64.7 Å². The maximum Gasteiger partial charge on any atom is 0.199 e. The number of H-pyrrole nitrogens is 1. The first-order valence-corrected chi connectivity index (χ1v) is 7.58. The van der Waals surface area contributed by atoms with Crippen LogP contribution in [-0.2, 0) is 6.61 Å². The largest absolute Gasteiger partial charge is 0.497 e. The van der Waals surface area contributed by atoms with Crippen molar-refractivity contribution < 1.29 is 9.47 Å². The van der Waals surface area contributed by atoms with Gasteiger partial charge in [-0.1, -0.05) is 12.1 Å². The average Bonchev–Trinajstić information content (AvgIpc) is 2.94. The van der Waals surface area contributed by atoms with Gasteiger partial charge in [-0.25, -0.2) is 0 Å². The Balaban J connectivity index is 1.82. The lowest BCUT2D eigenvalue weighted by Gasteiger charge is -2.09. The van der Waals surface area contributed by atoms with Crippen LogP contribution in [0.2, 0.25) is 0 Å². The Morgan fingerprint density at radius 3 is 2.57 bits per heavy atom. The summed E-state index contributed by atoms with van der Waals surface area (Å²) in [4.78, 5) is 0. The zero-order chi connectivity index (χ0) is 16.2. The summed E-state index contributed by atoms with van der Waals surface area (Å²) >= 11 is 5.33. The van der Waals surface area contributed by atoms with Gasteiger partial charge < -0.3 is 9.47 Å². The van der Waals surface area contributed by atoms with Gasteiger partial charge in [-0.15, -0.1) is 0 Å². The molecule has 1 heterocycles. The van der Waals surface area contributed by atoms with Gasteiger partial charge in [0.15, 0.2) is 10.6 Å². The lowest BCUT2D eigenvalue weighted by molar-refractivity contribution is 0.292. The van der Waals surface area contributed by atoms with Gasteiger partial charge in [-0.3, -0.25) is 9.67 Å². The Labute approximate surface area is 139 Å². The Hall–Kier alpha value is -2.60. The SMILES string of the molecule is COc1ccc(OCc2n[nH]c(=S)n2-c2cccc(C)c2)cc1. The molecule has 3 rings (SSSR count). The number of aromatic nitrogens is 3. The van der Waals surface area contributed by atoms with Crippen LogP contribution in [0.4, 0.5) is 0 Å². The number of aryl methyl sites for hydroxylation is 1. The number of ether oxygens (including phenoxy) is 2. The Kier molecular flexibility index (Phi) is 4.43. The van der Waals surface area contributed by atoms with Crippen molar-refractivity contribution in [1.82, 2.24) is 14.8 Å². The minimum atomic E-state index is 0.313. The maximum atomic E-state index is 5.79. The summed E-state index contributed by atoms with van der Waals surface area (Å²) in [6.45, 7) is 2.36. The Bertz CT molecular complexity index is 853. The summed E-state index contributed by atoms with van der Waals surface area (Å²) in [5.41, 5.74) is 2.13. The molecule has 0 spiro atoms. The van der Waals surface area contributed by atoms with Gasteiger partial charge in [0.2, 0.25) is 0 Å². The lowest BCUT2D eigenvalue weighted by Crippen LogP contribution is -2.06. The molecule has 0 amide bonds. The topological polar surface area (TPSA) is 52.1 Å². The molecule has 0 radical (unpaired) electrons. The second-order valence-electron chi connectivity index (χ2n) is 5.08. The summed E-state index contributed by atoms with van der Waals surface area (Å²) in [7, 11) is 1.63. The van der Waals surface area contributed by atoms with Crippen molar-refractivity contribution in [2.24, 2.45) is 0 Å². The molecule has 6 heteroatoms. The van der Waals surface area contributed by atoms with Crippen LogP contribution < -0.4 is 9.47 Å². The van der Waals surface area contributed by atoms with E-state index >= 15 is 0 Å². The maximum absolute atomic E-state index is 5.79. The third kappa shape index (κ3) is 3.43. The molecule has 0 aliphatic heterocycles. The number of benzene rings is 2. The molecule has 118 valence electrons. The van der Waals surface area contributed by atoms with Crippen molar-refractivity contribution in [2.45, 2.75) is 13.5 Å². The molecule has 0 atom stereocenters. The summed E-state index contributed by atoms with van der Waals surface area (Å²) in [5.74, 6) is 2.26. The molecule has 0 bridgehead atoms. The van der Waals surface area contributed by atoms with Crippen molar-refractivity contribution in [1.29, 1.82) is 0 Å². The third-order valence-electron chi connectivity index (χ3n) is 3.43. The van der Waals surface area contributed by atoms with Crippen LogP contribution >= 0.6 is 12.2 Å². The quantitative estimate of drug-likeness (QED) is 0.724. The first-order chi connectivity index (χ1) is 11.2. The highest BCUT2D eigenvalue weighted by atomic mass is 32.1. The predicted octanol–water partition coefficient (Wildman–Crippen LogP) is 3.83. The number of rotatable bonds is 5. The average molecular weight is 327 g/mol. The summed E-state index contributed by atoms with van der Waals surface area (Å²) in [6, 6.07) is 15.5. The van der Waals surface area contributed by atoms with Crippen LogP contribution in [0.1, 0.15) is 11.4 Å². The highest BCUT2D eigenvalue weighted by Crippen LogP contribution is 2.19. The van der Waals surface area contributed by atoms with Gasteiger partial charge in [0.25, 0.3) is 0 Å². The molecule has 5 nitrogen and oxygen atoms in total. The van der Waals surface area contributed by atoms with Crippen LogP contribution in [0, 0.1) is 11.7 Å². The number of nitrogens with zero attached hydrogens (tertiary/aromatic N) is 2. The minimum absolute atomic E-state index is 0.313. The number of aromatic amines is 1. The molecule has 0 aliphatic rings. The number of hydrogen-bond donors (Lipinski definition) is 1. The van der Waals surface area contributed by atoms with E-state index in [0.29, 0.717) is 11.4 Å². The fraction of sp³-hybridized carbons (Fsp3) is 0.176. The van der Waals surface area contributed by atoms with Crippen LogP contribution in [-0.4, -0.2) is 21.9 Å². The van der Waals surface area contributed by atoms with E-state index in [1.54, 1.807) is 7.11 Å². The van der Waals surface area contributed by atoms with Crippen molar-refractivity contribution >= 4 is 12.2 Å². The van der Waals surface area contributed by atoms with Crippen LogP contribution in [0.15, 0.2) is 48.5 Å². The second kappa shape index (κ2) is 6.66. The second-order valence-corrected chi connectivity index (χ2v) is 5.47. The van der Waals surface area contributed by atoms with E-state index in [1.807, 2.05) is 54.0 Å². The molecular formula is C17H17N3O2S. The minimum Gasteiger partial charge on any atom is -0.497 e. The standard InChI is InChI=1S/C17H17N3O2S/c1-12-4-3-5-13(10-12)20-16(18-19-17(20)23)11-22-15-8-6-14(21-2)7-9-15/h3-10H,11H2,1-2H3,(H,19,23). The fourth-order valence-corrected chi connectivity index (χ4v) is 2.54. The predicted molar refractivity (Wildman–Crippen MR) is 90.8 cm³/mol. The van der Waals surface area contributed by atoms with Crippen LogP contribution in [0.3, 0.4) is 0 Å². The summed E-state index contributed by atoms with van der Waals surface area (Å²) < 4.78 is 13.4. The molecule has 0 unspecified atom stereocenters. The van der Waals surface area contributed by atoms with E-state index < -0.39 is 0 Å². The van der Waals surface area contributed by atoms with Gasteiger partial charge >= 0.3 is 0 Å². The van der Waals surface area contributed by atoms with E-state index in [1.165, 1.54) is 0 Å². The number of nitrogens with one attached hydrogen (secondary N) is 1. The van der Waals surface area contributed by atoms with Crippen molar-refractivity contribution in [2.75, 3.05) is 7.11 Å². The first-order valence-electron chi connectivity index (χ1n) is 7.17. The number of methoxy groups -OCH3 is 1. The first kappa shape index (κ1) is 15.3. The third-order valence-corrected chi connectivity index (χ3v) is 3.70. The summed E-state index contributed by atoms with van der Waals surface area (Å²) in [5, 5.41) is 7.09. The molecule has 23 heavy (non-hydrogen) atoms. The van der Waals surface area contributed by atoms with Crippen LogP contribution in [0.5, 0.6) is 11.5 Å². The normalized spacial score (nSPS) is 10.5. The van der Waals surface area contributed by atoms with Crippen LogP contribution in [0.25, 0.3) is 5.69 Å². The summed E-state index contributed by atoms with van der Waals surface area (Å²) in [6.07, 6.45) is 0. The molecule has 0 saturated carbocycles. The van der Waals surface area contributed by atoms with Gasteiger partial charge in [0, 0.05) is 0 Å². The highest BCUT2D eigenvalue weighted by molar-refractivity contribution is 7.71. The van der Waals surface area contributed by atoms with Gasteiger partial charge in [0.05, 0.1) is 12.8 Å². The van der Waals surface area contributed by atoms with E-state index in [9.17, 15) is 0 Å². The zero-order valence-corrected chi connectivity index (χ0v) is 13.8. The molecular weight excluding hydrogens is 310 g/mol. The van der Waals surface area contributed by atoms with E-state index in [2.05, 4.69) is 16.3 Å². The molecule has 0 fully saturated rings. The lowest BCUT2D eigenvalue weighted by atomic mass is 10.2. The van der Waals surface area contributed by atoms with Gasteiger partial charge in [-0.05, 0) is 61.1 Å². The van der Waals surface area contributed by atoms with E-state index in [-0.39, 0.29) is 0 Å². The fourth-order valence-electron chi connectivity index (χ4n) is 2.28. The van der Waals surface area contributed by atoms with Crippen molar-refractivity contribution in [3.63, 3.8) is 0 Å². The zero-order valence-electron chi connectivity index (χ0n) is 12.9. The van der Waals surface area contributed by atoms with Crippen molar-refractivity contribution in [3.8, 4) is 17.2 Å². The highest BCUT2D eigenvalue weighted by Gasteiger charge is 2.09. The van der Waals surface area contributed by atoms with Gasteiger partial charge in [0.1, 0.15) is 18.1 Å². The van der Waals surface area contributed by atoms with Gasteiger partial charge in [-0.2, -0.15) is 5.10 Å².